The van der Waals surface area contributed by atoms with Crippen LogP contribution in [0.2, 0.25) is 0 Å². The van der Waals surface area contributed by atoms with Crippen LogP contribution in [0.5, 0.6) is 0 Å². The molecule has 9 N–H and O–H groups in total. The smallest absolute Gasteiger partial charge is 0.220 e. The van der Waals surface area contributed by atoms with Crippen LogP contribution in [-0.2, 0) is 23.7 Å². The molecule has 2 aliphatic rings. The first-order chi connectivity index (χ1) is 48.1. The van der Waals surface area contributed by atoms with Gasteiger partial charge in [0.25, 0.3) is 0 Å². The predicted octanol–water partition coefficient (Wildman–Crippen LogP) is 17.6. The van der Waals surface area contributed by atoms with Crippen LogP contribution in [0.1, 0.15) is 284 Å². The zero-order chi connectivity index (χ0) is 70.8. The predicted molar refractivity (Wildman–Crippen MR) is 405 cm³/mol. The van der Waals surface area contributed by atoms with Crippen molar-refractivity contribution in [2.45, 2.75) is 357 Å². The van der Waals surface area contributed by atoms with Crippen molar-refractivity contribution in [2.24, 2.45) is 0 Å². The van der Waals surface area contributed by atoms with Gasteiger partial charge in [-0.05, 0) is 116 Å². The Balaban J connectivity index is 1.69. The Morgan fingerprint density at radius 2 is 0.714 bits per heavy atom. The van der Waals surface area contributed by atoms with Gasteiger partial charge in [-0.2, -0.15) is 0 Å². The molecule has 2 rings (SSSR count). The largest absolute Gasteiger partial charge is 0.394 e. The molecule has 12 unspecified atom stereocenters. The molecule has 2 aliphatic heterocycles. The van der Waals surface area contributed by atoms with E-state index in [1.54, 1.807) is 6.08 Å². The molecule has 14 nitrogen and oxygen atoms in total. The third-order valence-corrected chi connectivity index (χ3v) is 18.0. The van der Waals surface area contributed by atoms with E-state index < -0.39 is 86.8 Å². The summed E-state index contributed by atoms with van der Waals surface area (Å²) in [6.07, 6.45) is 83.5. The molecule has 0 aliphatic carbocycles. The number of hydrogen-bond acceptors (Lipinski definition) is 13. The van der Waals surface area contributed by atoms with Gasteiger partial charge in [-0.15, -0.1) is 0 Å². The maximum Gasteiger partial charge on any atom is 0.220 e. The van der Waals surface area contributed by atoms with Gasteiger partial charge in [-0.1, -0.05) is 307 Å². The monoisotopic (exact) mass is 1370 g/mol. The van der Waals surface area contributed by atoms with Gasteiger partial charge in [0, 0.05) is 6.42 Å². The second-order valence-electron chi connectivity index (χ2n) is 26.7. The average Bonchev–Trinajstić information content (AvgIpc) is 0.793. The molecule has 560 valence electrons. The summed E-state index contributed by atoms with van der Waals surface area (Å²) in [7, 11) is 0. The van der Waals surface area contributed by atoms with Gasteiger partial charge in [-0.25, -0.2) is 0 Å². The van der Waals surface area contributed by atoms with E-state index >= 15 is 0 Å². The van der Waals surface area contributed by atoms with Crippen molar-refractivity contribution >= 4 is 5.91 Å². The van der Waals surface area contributed by atoms with Crippen LogP contribution in [-0.4, -0.2) is 140 Å². The van der Waals surface area contributed by atoms with Crippen molar-refractivity contribution in [2.75, 3.05) is 19.8 Å². The van der Waals surface area contributed by atoms with Gasteiger partial charge in [0.1, 0.15) is 48.8 Å². The summed E-state index contributed by atoms with van der Waals surface area (Å²) < 4.78 is 22.8. The number of aliphatic hydroxyl groups is 8. The summed E-state index contributed by atoms with van der Waals surface area (Å²) in [5, 5.41) is 87.6. The molecule has 2 heterocycles. The second kappa shape index (κ2) is 66.1. The lowest BCUT2D eigenvalue weighted by Crippen LogP contribution is -2.65. The number of carbonyl (C=O) groups excluding carboxylic acids is 1. The zero-order valence-electron chi connectivity index (χ0n) is 61.2. The molecule has 0 radical (unpaired) electrons. The summed E-state index contributed by atoms with van der Waals surface area (Å²) in [6, 6.07) is -0.970. The molecule has 0 bridgehead atoms. The van der Waals surface area contributed by atoms with Crippen molar-refractivity contribution in [3.8, 4) is 0 Å². The highest BCUT2D eigenvalue weighted by molar-refractivity contribution is 5.76. The third-order valence-electron chi connectivity index (χ3n) is 18.0. The van der Waals surface area contributed by atoms with Crippen LogP contribution in [0.25, 0.3) is 0 Å². The van der Waals surface area contributed by atoms with Crippen molar-refractivity contribution in [1.82, 2.24) is 5.32 Å². The summed E-state index contributed by atoms with van der Waals surface area (Å²) in [6.45, 7) is 2.65. The summed E-state index contributed by atoms with van der Waals surface area (Å²) >= 11 is 0. The van der Waals surface area contributed by atoms with E-state index in [2.05, 4.69) is 153 Å². The fourth-order valence-corrected chi connectivity index (χ4v) is 11.8. The average molecular weight is 1370 g/mol. The number of allylic oxidation sites excluding steroid dienone is 23. The Morgan fingerprint density at radius 3 is 1.12 bits per heavy atom. The number of amides is 1. The van der Waals surface area contributed by atoms with Crippen molar-refractivity contribution in [3.05, 3.63) is 146 Å². The molecule has 12 atom stereocenters. The van der Waals surface area contributed by atoms with Crippen LogP contribution in [0, 0.1) is 0 Å². The molecule has 0 spiro atoms. The van der Waals surface area contributed by atoms with Gasteiger partial charge >= 0.3 is 0 Å². The lowest BCUT2D eigenvalue weighted by Gasteiger charge is -2.46. The molecule has 0 aromatic carbocycles. The van der Waals surface area contributed by atoms with E-state index in [0.29, 0.717) is 12.8 Å². The van der Waals surface area contributed by atoms with Crippen LogP contribution in [0.15, 0.2) is 146 Å². The minimum Gasteiger partial charge on any atom is -0.394 e. The third kappa shape index (κ3) is 48.7. The fourth-order valence-electron chi connectivity index (χ4n) is 11.8. The van der Waals surface area contributed by atoms with Gasteiger partial charge in [0.2, 0.25) is 5.91 Å². The Bertz CT molecular complexity index is 2210. The van der Waals surface area contributed by atoms with E-state index in [9.17, 15) is 45.6 Å². The number of ether oxygens (including phenoxy) is 4. The minimum atomic E-state index is -1.81. The first-order valence-corrected chi connectivity index (χ1v) is 39.1. The number of hydrogen-bond donors (Lipinski definition) is 9. The number of rotatable bonds is 63. The SMILES string of the molecule is CC/C=C\C/C=C\C/C=C\C/C=C\C/C=C\C/C=C\C/C=C\C/C=C\C/C=C\CCCCCC(=O)NC(COC1OC(CO)C(OC2OC(CO)C(O)C(O)C2O)C(O)C1O)C(O)/C=C/CC/C=C/CC/C=C/CCCCCCCCCCCCCCCCCCCCCCCCC. The highest BCUT2D eigenvalue weighted by Gasteiger charge is 2.51. The number of unbranched alkanes of at least 4 members (excludes halogenated alkanes) is 28. The molecule has 14 heteroatoms. The second-order valence-corrected chi connectivity index (χ2v) is 26.7. The van der Waals surface area contributed by atoms with Gasteiger partial charge < -0.3 is 65.1 Å². The Labute approximate surface area is 595 Å². The molecule has 98 heavy (non-hydrogen) atoms. The van der Waals surface area contributed by atoms with E-state index in [4.69, 9.17) is 18.9 Å². The van der Waals surface area contributed by atoms with Crippen molar-refractivity contribution < 1.29 is 64.6 Å². The van der Waals surface area contributed by atoms with Gasteiger partial charge in [0.15, 0.2) is 12.6 Å². The highest BCUT2D eigenvalue weighted by atomic mass is 16.7. The van der Waals surface area contributed by atoms with Crippen LogP contribution in [0.4, 0.5) is 0 Å². The van der Waals surface area contributed by atoms with Crippen LogP contribution in [0.3, 0.4) is 0 Å². The quantitative estimate of drug-likeness (QED) is 0.0204. The maximum absolute atomic E-state index is 13.4. The molecule has 0 aromatic rings. The lowest BCUT2D eigenvalue weighted by atomic mass is 9.97. The molecule has 0 aromatic heterocycles. The lowest BCUT2D eigenvalue weighted by molar-refractivity contribution is -0.359. The Hall–Kier alpha value is -4.13. The molecular weight excluding hydrogens is 1230 g/mol. The van der Waals surface area contributed by atoms with E-state index in [1.807, 2.05) is 6.08 Å². The molecule has 2 saturated heterocycles. The van der Waals surface area contributed by atoms with Crippen LogP contribution < -0.4 is 5.32 Å². The summed E-state index contributed by atoms with van der Waals surface area (Å²) in [5.74, 6) is -0.289. The molecular formula is C84H141NO13. The highest BCUT2D eigenvalue weighted by Crippen LogP contribution is 2.30. The minimum absolute atomic E-state index is 0.220. The maximum atomic E-state index is 13.4. The first-order valence-electron chi connectivity index (χ1n) is 39.1. The van der Waals surface area contributed by atoms with Gasteiger partial charge in [-0.3, -0.25) is 4.79 Å². The van der Waals surface area contributed by atoms with Crippen molar-refractivity contribution in [1.29, 1.82) is 0 Å². The topological polar surface area (TPSA) is 228 Å². The van der Waals surface area contributed by atoms with Gasteiger partial charge in [0.05, 0.1) is 32.0 Å². The Kier molecular flexibility index (Phi) is 60.7. The number of aliphatic hydroxyl groups excluding tert-OH is 8. The van der Waals surface area contributed by atoms with Crippen LogP contribution >= 0.6 is 0 Å². The standard InChI is InChI=1S/C84H141NO13/c1-3-5-7-9-11-13-15-17-19-21-23-25-27-29-31-33-35-36-38-39-41-43-45-47-49-51-53-55-57-59-61-63-65-67-73(88)72(71-95-83-81(94)79(92)82(75(70-87)97-83)98-84-80(93)78(91)77(90)74(69-86)96-84)85-76(89)68-66-64-62-60-58-56-54-52-50-48-46-44-42-40-37-34-32-30-28-26-24-22-20-18-16-14-12-10-8-6-4-2/h6,8,12,14,18,20,24,26,30,32,37,40,44,46,49-52,56-59,65,67,72-75,77-84,86-88,90-94H,3-5,7,9-11,13,15-17,19,21-23,25,27-29,31,33-36,38-39,41-43,45,47-48,53-55,60-64,66,68-71H2,1-2H3,(H,85,89)/b8-6-,14-12-,20-18-,26-24-,32-30-,40-37-,46-44-,51-49+,52-50-,58-56-,59-57+,67-65+. The van der Waals surface area contributed by atoms with E-state index in [-0.39, 0.29) is 18.9 Å². The first kappa shape index (κ1) is 90.0. The molecule has 2 fully saturated rings. The fraction of sp³-hybridized carbons (Fsp3) is 0.702. The van der Waals surface area contributed by atoms with E-state index in [1.165, 1.54) is 148 Å². The van der Waals surface area contributed by atoms with E-state index in [0.717, 1.165) is 103 Å². The molecule has 0 saturated carbocycles. The summed E-state index contributed by atoms with van der Waals surface area (Å²) in [4.78, 5) is 13.4. The number of nitrogens with one attached hydrogen (secondary N) is 1. The normalized spacial score (nSPS) is 22.9. The number of carbonyl (C=O) groups is 1. The summed E-state index contributed by atoms with van der Waals surface area (Å²) in [5.41, 5.74) is 0. The molecule has 1 amide bonds. The Morgan fingerprint density at radius 1 is 0.378 bits per heavy atom. The zero-order valence-corrected chi connectivity index (χ0v) is 61.2. The van der Waals surface area contributed by atoms with Crippen molar-refractivity contribution in [3.63, 3.8) is 0 Å².